The Morgan fingerprint density at radius 2 is 2.32 bits per heavy atom. The van der Waals surface area contributed by atoms with Crippen molar-refractivity contribution < 1.29 is 5.11 Å². The zero-order chi connectivity index (χ0) is 13.3. The Bertz CT molecular complexity index is 535. The van der Waals surface area contributed by atoms with E-state index in [2.05, 4.69) is 23.3 Å². The summed E-state index contributed by atoms with van der Waals surface area (Å²) in [6.45, 7) is 2.46. The summed E-state index contributed by atoms with van der Waals surface area (Å²) in [6.07, 6.45) is 4.51. The molecule has 0 aliphatic heterocycles. The first-order valence-corrected chi connectivity index (χ1v) is 7.77. The predicted molar refractivity (Wildman–Crippen MR) is 80.7 cm³/mol. The van der Waals surface area contributed by atoms with Gasteiger partial charge in [0.05, 0.1) is 22.4 Å². The topological polar surface area (TPSA) is 45.1 Å². The number of hydrogen-bond acceptors (Lipinski definition) is 4. The average molecular weight is 276 g/mol. The van der Waals surface area contributed by atoms with Gasteiger partial charge in [-0.2, -0.15) is 0 Å². The molecule has 1 aromatic carbocycles. The summed E-state index contributed by atoms with van der Waals surface area (Å²) in [5.74, 6) is 0.669. The van der Waals surface area contributed by atoms with Gasteiger partial charge in [0.15, 0.2) is 5.13 Å². The molecule has 3 nitrogen and oxygen atoms in total. The van der Waals surface area contributed by atoms with Crippen LogP contribution < -0.4 is 5.32 Å². The van der Waals surface area contributed by atoms with E-state index in [1.54, 1.807) is 11.3 Å². The number of rotatable bonds is 3. The molecule has 3 rings (SSSR count). The van der Waals surface area contributed by atoms with Gasteiger partial charge in [0.25, 0.3) is 0 Å². The molecule has 1 aliphatic rings. The number of benzene rings is 1. The lowest BCUT2D eigenvalue weighted by Gasteiger charge is -2.39. The molecule has 2 aromatic rings. The summed E-state index contributed by atoms with van der Waals surface area (Å²) in [5.41, 5.74) is 0.859. The smallest absolute Gasteiger partial charge is 0.184 e. The second-order valence-corrected chi connectivity index (χ2v) is 6.78. The summed E-state index contributed by atoms with van der Waals surface area (Å²) in [6, 6.07) is 8.17. The number of nitrogens with zero attached hydrogens (tertiary/aromatic N) is 1. The first-order chi connectivity index (χ1) is 9.21. The third kappa shape index (κ3) is 2.60. The van der Waals surface area contributed by atoms with E-state index in [0.717, 1.165) is 23.5 Å². The van der Waals surface area contributed by atoms with Crippen LogP contribution in [0.3, 0.4) is 0 Å². The van der Waals surface area contributed by atoms with Gasteiger partial charge in [-0.25, -0.2) is 4.98 Å². The Morgan fingerprint density at radius 1 is 1.47 bits per heavy atom. The predicted octanol–water partition coefficient (Wildman–Crippen LogP) is 3.65. The number of hydrogen-bond donors (Lipinski definition) is 2. The number of anilines is 1. The van der Waals surface area contributed by atoms with Gasteiger partial charge in [0.2, 0.25) is 0 Å². The van der Waals surface area contributed by atoms with Crippen molar-refractivity contribution in [2.24, 2.45) is 5.92 Å². The van der Waals surface area contributed by atoms with Crippen LogP contribution in [-0.2, 0) is 0 Å². The van der Waals surface area contributed by atoms with Gasteiger partial charge in [-0.15, -0.1) is 0 Å². The number of aromatic nitrogens is 1. The molecule has 1 heterocycles. The molecule has 0 radical (unpaired) electrons. The van der Waals surface area contributed by atoms with Gasteiger partial charge in [-0.3, -0.25) is 0 Å². The van der Waals surface area contributed by atoms with Crippen molar-refractivity contribution in [1.82, 2.24) is 4.98 Å². The molecule has 0 amide bonds. The van der Waals surface area contributed by atoms with Crippen LogP contribution in [0.1, 0.15) is 32.6 Å². The Hall–Kier alpha value is -1.13. The van der Waals surface area contributed by atoms with Gasteiger partial charge in [-0.1, -0.05) is 43.2 Å². The lowest BCUT2D eigenvalue weighted by atomic mass is 9.77. The molecule has 2 N–H and O–H groups in total. The van der Waals surface area contributed by atoms with Crippen LogP contribution in [-0.4, -0.2) is 22.2 Å². The minimum atomic E-state index is -0.175. The molecule has 0 spiro atoms. The molecule has 2 unspecified atom stereocenters. The van der Waals surface area contributed by atoms with E-state index in [-0.39, 0.29) is 12.1 Å². The molecule has 19 heavy (non-hydrogen) atoms. The van der Waals surface area contributed by atoms with Crippen LogP contribution in [0.15, 0.2) is 24.3 Å². The van der Waals surface area contributed by atoms with E-state index in [4.69, 9.17) is 0 Å². The highest BCUT2D eigenvalue weighted by Crippen LogP contribution is 2.36. The second-order valence-electron chi connectivity index (χ2n) is 5.75. The van der Waals surface area contributed by atoms with Crippen LogP contribution in [0, 0.1) is 5.92 Å². The normalized spacial score (nSPS) is 27.6. The van der Waals surface area contributed by atoms with Crippen LogP contribution in [0.2, 0.25) is 0 Å². The molecule has 2 atom stereocenters. The number of para-hydroxylation sites is 1. The zero-order valence-corrected chi connectivity index (χ0v) is 12.0. The molecule has 1 aliphatic carbocycles. The molecule has 0 saturated heterocycles. The third-order valence-corrected chi connectivity index (χ3v) is 5.01. The van der Waals surface area contributed by atoms with Gasteiger partial charge in [0.1, 0.15) is 0 Å². The maximum Gasteiger partial charge on any atom is 0.184 e. The Balaban J connectivity index is 1.85. The number of fused-ring (bicyclic) bond motifs is 1. The monoisotopic (exact) mass is 276 g/mol. The van der Waals surface area contributed by atoms with Crippen molar-refractivity contribution in [3.8, 4) is 0 Å². The summed E-state index contributed by atoms with van der Waals surface area (Å²) >= 11 is 1.67. The van der Waals surface area contributed by atoms with E-state index in [0.29, 0.717) is 5.92 Å². The molecule has 1 fully saturated rings. The largest absolute Gasteiger partial charge is 0.394 e. The van der Waals surface area contributed by atoms with Crippen LogP contribution in [0.4, 0.5) is 5.13 Å². The fraction of sp³-hybridized carbons (Fsp3) is 0.533. The fourth-order valence-electron chi connectivity index (χ4n) is 3.11. The Kier molecular flexibility index (Phi) is 3.46. The highest BCUT2D eigenvalue weighted by Gasteiger charge is 2.35. The molecule has 1 saturated carbocycles. The van der Waals surface area contributed by atoms with Gasteiger partial charge in [-0.05, 0) is 30.9 Å². The van der Waals surface area contributed by atoms with E-state index in [9.17, 15) is 5.11 Å². The van der Waals surface area contributed by atoms with E-state index < -0.39 is 0 Å². The highest BCUT2D eigenvalue weighted by atomic mass is 32.1. The maximum atomic E-state index is 9.81. The lowest BCUT2D eigenvalue weighted by molar-refractivity contribution is 0.149. The number of aliphatic hydroxyl groups is 1. The summed E-state index contributed by atoms with van der Waals surface area (Å²) in [4.78, 5) is 4.62. The van der Waals surface area contributed by atoms with Crippen LogP contribution >= 0.6 is 11.3 Å². The van der Waals surface area contributed by atoms with E-state index >= 15 is 0 Å². The highest BCUT2D eigenvalue weighted by molar-refractivity contribution is 7.22. The SMILES string of the molecule is CC1CCCC(CO)(Nc2nc3ccccc3s2)C1. The van der Waals surface area contributed by atoms with Crippen molar-refractivity contribution in [3.05, 3.63) is 24.3 Å². The molecule has 0 bridgehead atoms. The second kappa shape index (κ2) is 5.10. The van der Waals surface area contributed by atoms with Gasteiger partial charge in [0, 0.05) is 0 Å². The molecule has 1 aromatic heterocycles. The van der Waals surface area contributed by atoms with E-state index in [1.165, 1.54) is 17.5 Å². The lowest BCUT2D eigenvalue weighted by Crippen LogP contribution is -2.45. The van der Waals surface area contributed by atoms with Crippen molar-refractivity contribution in [3.63, 3.8) is 0 Å². The van der Waals surface area contributed by atoms with Crippen molar-refractivity contribution in [2.45, 2.75) is 38.1 Å². The molecule has 4 heteroatoms. The van der Waals surface area contributed by atoms with Crippen LogP contribution in [0.25, 0.3) is 10.2 Å². The Morgan fingerprint density at radius 3 is 3.05 bits per heavy atom. The van der Waals surface area contributed by atoms with Gasteiger partial charge >= 0.3 is 0 Å². The average Bonchev–Trinajstić information content (AvgIpc) is 2.80. The minimum Gasteiger partial charge on any atom is -0.394 e. The third-order valence-electron chi connectivity index (χ3n) is 4.06. The van der Waals surface area contributed by atoms with E-state index in [1.807, 2.05) is 18.2 Å². The van der Waals surface area contributed by atoms with Crippen molar-refractivity contribution in [2.75, 3.05) is 11.9 Å². The zero-order valence-electron chi connectivity index (χ0n) is 11.2. The summed E-state index contributed by atoms with van der Waals surface area (Å²) in [5, 5.41) is 14.3. The molecule has 102 valence electrons. The number of aliphatic hydroxyl groups excluding tert-OH is 1. The number of thiazole rings is 1. The first kappa shape index (κ1) is 12.9. The van der Waals surface area contributed by atoms with Crippen molar-refractivity contribution >= 4 is 26.7 Å². The fourth-order valence-corrected chi connectivity index (χ4v) is 4.09. The maximum absolute atomic E-state index is 9.81. The Labute approximate surface area is 117 Å². The minimum absolute atomic E-state index is 0.175. The summed E-state index contributed by atoms with van der Waals surface area (Å²) < 4.78 is 1.20. The molecular weight excluding hydrogens is 256 g/mol. The quantitative estimate of drug-likeness (QED) is 0.899. The van der Waals surface area contributed by atoms with Gasteiger partial charge < -0.3 is 10.4 Å². The standard InChI is InChI=1S/C15H20N2OS/c1-11-5-4-8-15(9-11,10-18)17-14-16-12-6-2-3-7-13(12)19-14/h2-3,6-7,11,18H,4-5,8-10H2,1H3,(H,16,17). The summed E-state index contributed by atoms with van der Waals surface area (Å²) in [7, 11) is 0. The first-order valence-electron chi connectivity index (χ1n) is 6.95. The van der Waals surface area contributed by atoms with Crippen LogP contribution in [0.5, 0.6) is 0 Å². The van der Waals surface area contributed by atoms with Crippen molar-refractivity contribution in [1.29, 1.82) is 0 Å². The molecular formula is C15H20N2OS. The number of nitrogens with one attached hydrogen (secondary N) is 1.